The van der Waals surface area contributed by atoms with Crippen LogP contribution in [0, 0.1) is 0 Å². The van der Waals surface area contributed by atoms with Crippen LogP contribution >= 0.6 is 0 Å². The molecular weight excluding hydrogens is 266 g/mol. The molecule has 0 saturated heterocycles. The van der Waals surface area contributed by atoms with E-state index < -0.39 is 0 Å². The molecule has 0 aliphatic heterocycles. The number of carbonyl (C=O) groups excluding carboxylic acids is 2. The molecule has 0 aromatic heterocycles. The average Bonchev–Trinajstić information content (AvgIpc) is 2.52. The molecule has 1 aromatic carbocycles. The lowest BCUT2D eigenvalue weighted by Crippen LogP contribution is -2.29. The molecule has 0 spiro atoms. The Morgan fingerprint density at radius 3 is 2.38 bits per heavy atom. The van der Waals surface area contributed by atoms with E-state index in [0.29, 0.717) is 24.3 Å². The Morgan fingerprint density at radius 1 is 1.05 bits per heavy atom. The van der Waals surface area contributed by atoms with Gasteiger partial charge in [-0.2, -0.15) is 0 Å². The van der Waals surface area contributed by atoms with E-state index in [4.69, 9.17) is 4.74 Å². The Labute approximate surface area is 126 Å². The molecule has 116 valence electrons. The lowest BCUT2D eigenvalue weighted by Gasteiger charge is -2.08. The van der Waals surface area contributed by atoms with Crippen molar-refractivity contribution in [2.75, 3.05) is 13.2 Å². The summed E-state index contributed by atoms with van der Waals surface area (Å²) in [5.74, 6) is 0.593. The third kappa shape index (κ3) is 6.93. The van der Waals surface area contributed by atoms with Gasteiger partial charge in [0.05, 0.1) is 0 Å². The number of rotatable bonds is 10. The van der Waals surface area contributed by atoms with Crippen molar-refractivity contribution in [2.24, 2.45) is 0 Å². The highest BCUT2D eigenvalue weighted by atomic mass is 16.5. The van der Waals surface area contributed by atoms with Crippen molar-refractivity contribution in [3.63, 3.8) is 0 Å². The fraction of sp³-hybridized carbons (Fsp3) is 0.529. The molecule has 0 radical (unpaired) electrons. The number of nitrogens with one attached hydrogen (secondary N) is 1. The van der Waals surface area contributed by atoms with Crippen LogP contribution in [0.15, 0.2) is 24.3 Å². The van der Waals surface area contributed by atoms with Gasteiger partial charge in [0.2, 0.25) is 0 Å². The standard InChI is InChI=1S/C17H25NO3/c1-3-5-6-7-12-18-17(20)13-21-15-10-8-14(9-11-15)16(19)4-2/h8-11H,3-7,12-13H2,1-2H3,(H,18,20). The molecule has 1 amide bonds. The maximum absolute atomic E-state index is 11.6. The minimum absolute atomic E-state index is 0.00878. The summed E-state index contributed by atoms with van der Waals surface area (Å²) in [7, 11) is 0. The average molecular weight is 291 g/mol. The molecule has 0 bridgehead atoms. The first-order valence-corrected chi connectivity index (χ1v) is 7.70. The van der Waals surface area contributed by atoms with Crippen LogP contribution in [0.4, 0.5) is 0 Å². The predicted octanol–water partition coefficient (Wildman–Crippen LogP) is 3.35. The number of carbonyl (C=O) groups is 2. The summed E-state index contributed by atoms with van der Waals surface area (Å²) in [6.45, 7) is 4.70. The van der Waals surface area contributed by atoms with E-state index in [9.17, 15) is 9.59 Å². The van der Waals surface area contributed by atoms with Gasteiger partial charge >= 0.3 is 0 Å². The first kappa shape index (κ1) is 17.2. The topological polar surface area (TPSA) is 55.4 Å². The second-order valence-electron chi connectivity index (χ2n) is 5.00. The van der Waals surface area contributed by atoms with Gasteiger partial charge in [0, 0.05) is 18.5 Å². The summed E-state index contributed by atoms with van der Waals surface area (Å²) in [4.78, 5) is 23.1. The van der Waals surface area contributed by atoms with Crippen molar-refractivity contribution >= 4 is 11.7 Å². The van der Waals surface area contributed by atoms with Gasteiger partial charge in [0.25, 0.3) is 5.91 Å². The summed E-state index contributed by atoms with van der Waals surface area (Å²) >= 11 is 0. The number of benzene rings is 1. The number of amides is 1. The number of unbranched alkanes of at least 4 members (excludes halogenated alkanes) is 3. The van der Waals surface area contributed by atoms with Crippen LogP contribution in [-0.2, 0) is 4.79 Å². The summed E-state index contributed by atoms with van der Waals surface area (Å²) in [5.41, 5.74) is 0.672. The highest BCUT2D eigenvalue weighted by Gasteiger charge is 2.05. The fourth-order valence-electron chi connectivity index (χ4n) is 1.92. The number of ether oxygens (including phenoxy) is 1. The van der Waals surface area contributed by atoms with Crippen molar-refractivity contribution in [2.45, 2.75) is 46.0 Å². The molecule has 0 fully saturated rings. The number of Topliss-reactive ketones (excluding diaryl/α,β-unsaturated/α-hetero) is 1. The Hall–Kier alpha value is -1.84. The molecule has 0 heterocycles. The van der Waals surface area contributed by atoms with Crippen LogP contribution in [0.25, 0.3) is 0 Å². The van der Waals surface area contributed by atoms with E-state index in [1.165, 1.54) is 12.8 Å². The van der Waals surface area contributed by atoms with Gasteiger partial charge in [-0.05, 0) is 30.7 Å². The van der Waals surface area contributed by atoms with E-state index in [0.717, 1.165) is 12.8 Å². The van der Waals surface area contributed by atoms with Gasteiger partial charge in [0.1, 0.15) is 5.75 Å². The van der Waals surface area contributed by atoms with Crippen LogP contribution in [0.5, 0.6) is 5.75 Å². The molecule has 1 N–H and O–H groups in total. The minimum atomic E-state index is -0.111. The van der Waals surface area contributed by atoms with E-state index in [-0.39, 0.29) is 18.3 Å². The molecule has 21 heavy (non-hydrogen) atoms. The van der Waals surface area contributed by atoms with E-state index >= 15 is 0 Å². The second kappa shape index (κ2) is 9.97. The lowest BCUT2D eigenvalue weighted by atomic mass is 10.1. The third-order valence-corrected chi connectivity index (χ3v) is 3.22. The van der Waals surface area contributed by atoms with E-state index in [1.807, 2.05) is 6.92 Å². The Morgan fingerprint density at radius 2 is 1.76 bits per heavy atom. The molecular formula is C17H25NO3. The fourth-order valence-corrected chi connectivity index (χ4v) is 1.92. The van der Waals surface area contributed by atoms with Crippen LogP contribution < -0.4 is 10.1 Å². The summed E-state index contributed by atoms with van der Waals surface area (Å²) in [6.07, 6.45) is 5.03. The van der Waals surface area contributed by atoms with Crippen molar-refractivity contribution < 1.29 is 14.3 Å². The summed E-state index contributed by atoms with van der Waals surface area (Å²) < 4.78 is 5.39. The molecule has 4 nitrogen and oxygen atoms in total. The maximum Gasteiger partial charge on any atom is 0.257 e. The van der Waals surface area contributed by atoms with Crippen molar-refractivity contribution in [3.8, 4) is 5.75 Å². The zero-order valence-electron chi connectivity index (χ0n) is 13.0. The SMILES string of the molecule is CCCCCCNC(=O)COc1ccc(C(=O)CC)cc1. The van der Waals surface area contributed by atoms with Crippen molar-refractivity contribution in [1.82, 2.24) is 5.32 Å². The quantitative estimate of drug-likeness (QED) is 0.531. The predicted molar refractivity (Wildman–Crippen MR) is 83.7 cm³/mol. The molecule has 0 atom stereocenters. The van der Waals surface area contributed by atoms with Crippen LogP contribution in [0.3, 0.4) is 0 Å². The Kier molecular flexibility index (Phi) is 8.17. The van der Waals surface area contributed by atoms with Gasteiger partial charge in [-0.3, -0.25) is 9.59 Å². The van der Waals surface area contributed by atoms with E-state index in [1.54, 1.807) is 24.3 Å². The first-order chi connectivity index (χ1) is 10.2. The normalized spacial score (nSPS) is 10.2. The van der Waals surface area contributed by atoms with Gasteiger partial charge in [-0.1, -0.05) is 33.1 Å². The molecule has 1 rings (SSSR count). The minimum Gasteiger partial charge on any atom is -0.484 e. The second-order valence-corrected chi connectivity index (χ2v) is 5.00. The van der Waals surface area contributed by atoms with Crippen molar-refractivity contribution in [3.05, 3.63) is 29.8 Å². The maximum atomic E-state index is 11.6. The van der Waals surface area contributed by atoms with E-state index in [2.05, 4.69) is 12.2 Å². The number of ketones is 1. The van der Waals surface area contributed by atoms with Crippen LogP contribution in [0.1, 0.15) is 56.3 Å². The Bertz CT molecular complexity index is 440. The largest absolute Gasteiger partial charge is 0.484 e. The highest BCUT2D eigenvalue weighted by molar-refractivity contribution is 5.95. The number of hydrogen-bond donors (Lipinski definition) is 1. The molecule has 1 aromatic rings. The van der Waals surface area contributed by atoms with Crippen LogP contribution in [-0.4, -0.2) is 24.8 Å². The van der Waals surface area contributed by atoms with Gasteiger partial charge in [0.15, 0.2) is 12.4 Å². The number of hydrogen-bond acceptors (Lipinski definition) is 3. The Balaban J connectivity index is 2.25. The molecule has 4 heteroatoms. The third-order valence-electron chi connectivity index (χ3n) is 3.22. The summed E-state index contributed by atoms with van der Waals surface area (Å²) in [6, 6.07) is 6.89. The van der Waals surface area contributed by atoms with Gasteiger partial charge < -0.3 is 10.1 Å². The monoisotopic (exact) mass is 291 g/mol. The molecule has 0 aliphatic carbocycles. The van der Waals surface area contributed by atoms with Crippen molar-refractivity contribution in [1.29, 1.82) is 0 Å². The smallest absolute Gasteiger partial charge is 0.257 e. The van der Waals surface area contributed by atoms with Crippen LogP contribution in [0.2, 0.25) is 0 Å². The summed E-state index contributed by atoms with van der Waals surface area (Å²) in [5, 5.41) is 2.83. The van der Waals surface area contributed by atoms with Gasteiger partial charge in [-0.25, -0.2) is 0 Å². The highest BCUT2D eigenvalue weighted by Crippen LogP contribution is 2.13. The molecule has 0 aliphatic rings. The molecule has 0 saturated carbocycles. The lowest BCUT2D eigenvalue weighted by molar-refractivity contribution is -0.123. The first-order valence-electron chi connectivity index (χ1n) is 7.70. The zero-order valence-corrected chi connectivity index (χ0v) is 13.0. The zero-order chi connectivity index (χ0) is 15.5. The molecule has 0 unspecified atom stereocenters. The van der Waals surface area contributed by atoms with Gasteiger partial charge in [-0.15, -0.1) is 0 Å².